The predicted molar refractivity (Wildman–Crippen MR) is 97.5 cm³/mol. The van der Waals surface area contributed by atoms with Crippen molar-refractivity contribution in [3.63, 3.8) is 0 Å². The third kappa shape index (κ3) is 4.59. The van der Waals surface area contributed by atoms with Crippen LogP contribution in [0.1, 0.15) is 46.8 Å². The lowest BCUT2D eigenvalue weighted by Crippen LogP contribution is -2.21. The molecule has 0 atom stereocenters. The summed E-state index contributed by atoms with van der Waals surface area (Å²) in [5.41, 5.74) is 3.52. The number of carbonyl (C=O) groups excluding carboxylic acids is 1. The molecule has 5 heteroatoms. The number of nitrogens with one attached hydrogen (secondary N) is 1. The number of rotatable bonds is 6. The van der Waals surface area contributed by atoms with Crippen LogP contribution >= 0.6 is 0 Å². The van der Waals surface area contributed by atoms with Crippen molar-refractivity contribution in [1.29, 1.82) is 0 Å². The lowest BCUT2D eigenvalue weighted by molar-refractivity contribution is -0.118. The molecular formula is C20H23NO4. The number of carboxylic acid groups (broad SMARTS) is 1. The number of amides is 1. The van der Waals surface area contributed by atoms with Crippen molar-refractivity contribution in [2.75, 3.05) is 11.9 Å². The summed E-state index contributed by atoms with van der Waals surface area (Å²) in [6, 6.07) is 10.5. The Kier molecular flexibility index (Phi) is 5.80. The summed E-state index contributed by atoms with van der Waals surface area (Å²) in [5.74, 6) is -0.295. The first-order valence-corrected chi connectivity index (χ1v) is 8.15. The van der Waals surface area contributed by atoms with E-state index in [0.29, 0.717) is 22.9 Å². The van der Waals surface area contributed by atoms with Crippen LogP contribution in [0.3, 0.4) is 0 Å². The molecule has 0 aromatic heterocycles. The van der Waals surface area contributed by atoms with Crippen LogP contribution < -0.4 is 10.1 Å². The minimum atomic E-state index is -1.02. The first-order valence-electron chi connectivity index (χ1n) is 8.15. The predicted octanol–water partition coefficient (Wildman–Crippen LogP) is 4.14. The van der Waals surface area contributed by atoms with Gasteiger partial charge in [-0.2, -0.15) is 0 Å². The fraction of sp³-hybridized carbons (Fsp3) is 0.300. The number of carboxylic acids is 1. The van der Waals surface area contributed by atoms with E-state index in [-0.39, 0.29) is 18.1 Å². The first-order chi connectivity index (χ1) is 11.8. The van der Waals surface area contributed by atoms with E-state index in [1.165, 1.54) is 11.6 Å². The lowest BCUT2D eigenvalue weighted by atomic mass is 9.98. The molecule has 2 aromatic carbocycles. The highest BCUT2D eigenvalue weighted by Crippen LogP contribution is 2.23. The molecule has 25 heavy (non-hydrogen) atoms. The molecule has 0 saturated carbocycles. The number of benzene rings is 2. The lowest BCUT2D eigenvalue weighted by Gasteiger charge is -2.13. The topological polar surface area (TPSA) is 75.6 Å². The average molecular weight is 341 g/mol. The van der Waals surface area contributed by atoms with Gasteiger partial charge in [-0.25, -0.2) is 4.79 Å². The Balaban J connectivity index is 2.01. The van der Waals surface area contributed by atoms with Crippen LogP contribution in [-0.2, 0) is 4.79 Å². The van der Waals surface area contributed by atoms with Gasteiger partial charge in [-0.15, -0.1) is 0 Å². The van der Waals surface area contributed by atoms with E-state index >= 15 is 0 Å². The van der Waals surface area contributed by atoms with Gasteiger partial charge in [0, 0.05) is 5.69 Å². The smallest absolute Gasteiger partial charge is 0.336 e. The number of hydrogen-bond donors (Lipinski definition) is 2. The van der Waals surface area contributed by atoms with Crippen LogP contribution in [0.2, 0.25) is 0 Å². The van der Waals surface area contributed by atoms with Gasteiger partial charge in [0.1, 0.15) is 5.75 Å². The zero-order chi connectivity index (χ0) is 18.6. The number of ether oxygens (including phenoxy) is 1. The molecule has 0 fully saturated rings. The van der Waals surface area contributed by atoms with E-state index in [9.17, 15) is 9.59 Å². The molecule has 2 aromatic rings. The Morgan fingerprint density at radius 2 is 1.88 bits per heavy atom. The van der Waals surface area contributed by atoms with Crippen LogP contribution in [-0.4, -0.2) is 23.6 Å². The molecule has 0 unspecified atom stereocenters. The molecule has 0 aliphatic rings. The van der Waals surface area contributed by atoms with E-state index < -0.39 is 5.97 Å². The fourth-order valence-corrected chi connectivity index (χ4v) is 2.72. The number of aromatic carboxylic acids is 1. The van der Waals surface area contributed by atoms with E-state index in [2.05, 4.69) is 19.2 Å². The second-order valence-electron chi connectivity index (χ2n) is 6.29. The second kappa shape index (κ2) is 7.83. The zero-order valence-corrected chi connectivity index (χ0v) is 14.9. The molecule has 0 bridgehead atoms. The van der Waals surface area contributed by atoms with Gasteiger partial charge in [0.2, 0.25) is 0 Å². The highest BCUT2D eigenvalue weighted by Gasteiger charge is 2.12. The van der Waals surface area contributed by atoms with Crippen molar-refractivity contribution in [2.45, 2.75) is 33.6 Å². The van der Waals surface area contributed by atoms with Crippen molar-refractivity contribution in [3.8, 4) is 5.75 Å². The van der Waals surface area contributed by atoms with Crippen LogP contribution in [0.4, 0.5) is 5.69 Å². The van der Waals surface area contributed by atoms with Gasteiger partial charge in [0.05, 0.1) is 5.56 Å². The SMILES string of the molecule is Cc1cc(OCC(=O)Nc2cccc(C(=O)O)c2C)ccc1C(C)C. The van der Waals surface area contributed by atoms with Crippen molar-refractivity contribution in [2.24, 2.45) is 0 Å². The molecular weight excluding hydrogens is 318 g/mol. The molecule has 132 valence electrons. The van der Waals surface area contributed by atoms with Crippen LogP contribution in [0.25, 0.3) is 0 Å². The molecule has 1 amide bonds. The molecule has 5 nitrogen and oxygen atoms in total. The van der Waals surface area contributed by atoms with Gasteiger partial charge < -0.3 is 15.2 Å². The van der Waals surface area contributed by atoms with E-state index in [1.807, 2.05) is 25.1 Å². The van der Waals surface area contributed by atoms with Gasteiger partial charge in [0.25, 0.3) is 5.91 Å². The molecule has 2 rings (SSSR count). The standard InChI is InChI=1S/C20H23NO4/c1-12(2)16-9-8-15(10-13(16)3)25-11-19(22)21-18-7-5-6-17(14(18)4)20(23)24/h5-10,12H,11H2,1-4H3,(H,21,22)(H,23,24). The average Bonchev–Trinajstić information content (AvgIpc) is 2.54. The summed E-state index contributed by atoms with van der Waals surface area (Å²) in [6.45, 7) is 7.79. The molecule has 0 radical (unpaired) electrons. The Morgan fingerprint density at radius 3 is 2.48 bits per heavy atom. The monoisotopic (exact) mass is 341 g/mol. The van der Waals surface area contributed by atoms with Crippen LogP contribution in [0, 0.1) is 13.8 Å². The minimum Gasteiger partial charge on any atom is -0.484 e. The normalized spacial score (nSPS) is 10.6. The number of carbonyl (C=O) groups is 2. The maximum Gasteiger partial charge on any atom is 0.336 e. The van der Waals surface area contributed by atoms with E-state index in [4.69, 9.17) is 9.84 Å². The van der Waals surface area contributed by atoms with Gasteiger partial charge in [-0.3, -0.25) is 4.79 Å². The van der Waals surface area contributed by atoms with Crippen LogP contribution in [0.5, 0.6) is 5.75 Å². The van der Waals surface area contributed by atoms with Crippen molar-refractivity contribution >= 4 is 17.6 Å². The van der Waals surface area contributed by atoms with Gasteiger partial charge >= 0.3 is 5.97 Å². The summed E-state index contributed by atoms with van der Waals surface area (Å²) in [7, 11) is 0. The van der Waals surface area contributed by atoms with E-state index in [1.54, 1.807) is 19.1 Å². The first kappa shape index (κ1) is 18.5. The van der Waals surface area contributed by atoms with Gasteiger partial charge in [-0.05, 0) is 60.7 Å². The van der Waals surface area contributed by atoms with Crippen molar-refractivity contribution in [1.82, 2.24) is 0 Å². The third-order valence-corrected chi connectivity index (χ3v) is 4.07. The highest BCUT2D eigenvalue weighted by molar-refractivity contribution is 5.96. The Hall–Kier alpha value is -2.82. The van der Waals surface area contributed by atoms with Gasteiger partial charge in [-0.1, -0.05) is 26.0 Å². The second-order valence-corrected chi connectivity index (χ2v) is 6.29. The number of aryl methyl sites for hydroxylation is 1. The summed E-state index contributed by atoms with van der Waals surface area (Å²) in [5, 5.41) is 11.8. The largest absolute Gasteiger partial charge is 0.484 e. The molecule has 0 spiro atoms. The third-order valence-electron chi connectivity index (χ3n) is 4.07. The highest BCUT2D eigenvalue weighted by atomic mass is 16.5. The Morgan fingerprint density at radius 1 is 1.16 bits per heavy atom. The van der Waals surface area contributed by atoms with Gasteiger partial charge in [0.15, 0.2) is 6.61 Å². The summed E-state index contributed by atoms with van der Waals surface area (Å²) in [4.78, 5) is 23.2. The molecule has 0 heterocycles. The molecule has 2 N–H and O–H groups in total. The van der Waals surface area contributed by atoms with E-state index in [0.717, 1.165) is 5.56 Å². The Labute approximate surface area is 147 Å². The maximum absolute atomic E-state index is 12.1. The molecule has 0 aliphatic carbocycles. The summed E-state index contributed by atoms with van der Waals surface area (Å²) < 4.78 is 5.54. The van der Waals surface area contributed by atoms with Crippen LogP contribution in [0.15, 0.2) is 36.4 Å². The number of hydrogen-bond acceptors (Lipinski definition) is 3. The summed E-state index contributed by atoms with van der Waals surface area (Å²) >= 11 is 0. The number of anilines is 1. The molecule has 0 aliphatic heterocycles. The van der Waals surface area contributed by atoms with Crippen molar-refractivity contribution in [3.05, 3.63) is 58.7 Å². The maximum atomic E-state index is 12.1. The van der Waals surface area contributed by atoms with Crippen molar-refractivity contribution < 1.29 is 19.4 Å². The summed E-state index contributed by atoms with van der Waals surface area (Å²) in [6.07, 6.45) is 0. The Bertz CT molecular complexity index is 796. The fourth-order valence-electron chi connectivity index (χ4n) is 2.72. The zero-order valence-electron chi connectivity index (χ0n) is 14.9. The molecule has 0 saturated heterocycles. The quantitative estimate of drug-likeness (QED) is 0.828. The minimum absolute atomic E-state index is 0.142.